The Morgan fingerprint density at radius 2 is 2.00 bits per heavy atom. The van der Waals surface area contributed by atoms with Gasteiger partial charge >= 0.3 is 0 Å². The molecule has 0 saturated carbocycles. The number of hydrogen-bond donors (Lipinski definition) is 2. The Labute approximate surface area is 139 Å². The zero-order valence-electron chi connectivity index (χ0n) is 14.3. The van der Waals surface area contributed by atoms with Crippen LogP contribution in [0, 0.1) is 6.92 Å². The van der Waals surface area contributed by atoms with E-state index in [1.165, 1.54) is 42.8 Å². The molecular weight excluding hydrogens is 284 g/mol. The first kappa shape index (κ1) is 16.2. The van der Waals surface area contributed by atoms with Gasteiger partial charge in [0.15, 0.2) is 0 Å². The van der Waals surface area contributed by atoms with Crippen molar-refractivity contribution in [3.05, 3.63) is 53.3 Å². The van der Waals surface area contributed by atoms with Gasteiger partial charge in [0.05, 0.1) is 6.20 Å². The van der Waals surface area contributed by atoms with Gasteiger partial charge in [-0.1, -0.05) is 30.3 Å². The average Bonchev–Trinajstić information content (AvgIpc) is 2.99. The van der Waals surface area contributed by atoms with E-state index >= 15 is 0 Å². The Morgan fingerprint density at radius 3 is 2.65 bits per heavy atom. The van der Waals surface area contributed by atoms with Gasteiger partial charge in [-0.25, -0.2) is 0 Å². The molecule has 23 heavy (non-hydrogen) atoms. The fraction of sp³-hybridized carbons (Fsp3) is 0.526. The quantitative estimate of drug-likeness (QED) is 0.862. The standard InChI is InChI=1S/C19H28N4/c1-15(12-17-6-4-3-5-7-17)23-10-8-19(9-11-23)20-13-18-14-21-22-16(18)2/h3-7,14-15,19-20H,8-13H2,1-2H3,(H,21,22). The maximum absolute atomic E-state index is 4.09. The summed E-state index contributed by atoms with van der Waals surface area (Å²) in [6, 6.07) is 12.1. The molecule has 1 aromatic heterocycles. The van der Waals surface area contributed by atoms with Crippen molar-refractivity contribution in [2.45, 2.75) is 51.7 Å². The third-order valence-corrected chi connectivity index (χ3v) is 5.04. The van der Waals surface area contributed by atoms with Gasteiger partial charge in [0.1, 0.15) is 0 Å². The Balaban J connectivity index is 1.42. The molecule has 0 aliphatic carbocycles. The number of piperidine rings is 1. The van der Waals surface area contributed by atoms with Crippen molar-refractivity contribution < 1.29 is 0 Å². The third kappa shape index (κ3) is 4.43. The average molecular weight is 312 g/mol. The zero-order valence-corrected chi connectivity index (χ0v) is 14.3. The van der Waals surface area contributed by atoms with Crippen molar-refractivity contribution in [3.63, 3.8) is 0 Å². The number of benzene rings is 1. The molecule has 1 unspecified atom stereocenters. The summed E-state index contributed by atoms with van der Waals surface area (Å²) >= 11 is 0. The molecular formula is C19H28N4. The maximum atomic E-state index is 4.09. The van der Waals surface area contributed by atoms with E-state index in [4.69, 9.17) is 0 Å². The number of nitrogens with zero attached hydrogens (tertiary/aromatic N) is 2. The lowest BCUT2D eigenvalue weighted by atomic mass is 10.00. The molecule has 3 rings (SSSR count). The summed E-state index contributed by atoms with van der Waals surface area (Å²) in [4.78, 5) is 2.63. The van der Waals surface area contributed by atoms with Crippen LogP contribution < -0.4 is 5.32 Å². The van der Waals surface area contributed by atoms with Gasteiger partial charge < -0.3 is 10.2 Å². The van der Waals surface area contributed by atoms with E-state index in [2.05, 4.69) is 64.6 Å². The van der Waals surface area contributed by atoms with Crippen molar-refractivity contribution in [2.75, 3.05) is 13.1 Å². The Morgan fingerprint density at radius 1 is 1.26 bits per heavy atom. The first-order valence-electron chi connectivity index (χ1n) is 8.72. The second-order valence-electron chi connectivity index (χ2n) is 6.75. The summed E-state index contributed by atoms with van der Waals surface area (Å²) in [5.41, 5.74) is 3.90. The van der Waals surface area contributed by atoms with Crippen LogP contribution in [0.5, 0.6) is 0 Å². The van der Waals surface area contributed by atoms with E-state index < -0.39 is 0 Å². The highest BCUT2D eigenvalue weighted by Gasteiger charge is 2.22. The molecule has 4 nitrogen and oxygen atoms in total. The highest BCUT2D eigenvalue weighted by Crippen LogP contribution is 2.17. The summed E-state index contributed by atoms with van der Waals surface area (Å²) in [6.07, 6.45) is 5.54. The van der Waals surface area contributed by atoms with E-state index in [1.54, 1.807) is 0 Å². The minimum absolute atomic E-state index is 0.620. The molecule has 0 spiro atoms. The molecule has 1 aliphatic heterocycles. The van der Waals surface area contributed by atoms with Gasteiger partial charge in [-0.3, -0.25) is 5.10 Å². The fourth-order valence-corrected chi connectivity index (χ4v) is 3.44. The third-order valence-electron chi connectivity index (χ3n) is 5.04. The van der Waals surface area contributed by atoms with Gasteiger partial charge in [-0.05, 0) is 51.8 Å². The van der Waals surface area contributed by atoms with E-state index in [9.17, 15) is 0 Å². The fourth-order valence-electron chi connectivity index (χ4n) is 3.44. The van der Waals surface area contributed by atoms with Crippen LogP contribution in [-0.2, 0) is 13.0 Å². The summed E-state index contributed by atoms with van der Waals surface area (Å²) in [5.74, 6) is 0. The summed E-state index contributed by atoms with van der Waals surface area (Å²) < 4.78 is 0. The van der Waals surface area contributed by atoms with Gasteiger partial charge in [0, 0.05) is 29.9 Å². The molecule has 1 fully saturated rings. The van der Waals surface area contributed by atoms with E-state index in [1.807, 2.05) is 6.20 Å². The van der Waals surface area contributed by atoms with Gasteiger partial charge in [-0.15, -0.1) is 0 Å². The molecule has 0 amide bonds. The number of likely N-dealkylation sites (tertiary alicyclic amines) is 1. The van der Waals surface area contributed by atoms with Gasteiger partial charge in [0.2, 0.25) is 0 Å². The van der Waals surface area contributed by atoms with Crippen LogP contribution in [-0.4, -0.2) is 40.3 Å². The summed E-state index contributed by atoms with van der Waals surface area (Å²) in [6.45, 7) is 7.74. The molecule has 124 valence electrons. The SMILES string of the molecule is Cc1[nH]ncc1CNC1CCN(C(C)Cc2ccccc2)CC1. The van der Waals surface area contributed by atoms with E-state index in [-0.39, 0.29) is 0 Å². The second kappa shape index (κ2) is 7.75. The van der Waals surface area contributed by atoms with Crippen LogP contribution in [0.2, 0.25) is 0 Å². The van der Waals surface area contributed by atoms with E-state index in [0.717, 1.165) is 13.0 Å². The minimum atomic E-state index is 0.620. The largest absolute Gasteiger partial charge is 0.310 e. The van der Waals surface area contributed by atoms with Crippen LogP contribution in [0.25, 0.3) is 0 Å². The lowest BCUT2D eigenvalue weighted by molar-refractivity contribution is 0.151. The molecule has 1 atom stereocenters. The van der Waals surface area contributed by atoms with Gasteiger partial charge in [0.25, 0.3) is 0 Å². The smallest absolute Gasteiger partial charge is 0.0535 e. The second-order valence-corrected chi connectivity index (χ2v) is 6.75. The molecule has 2 N–H and O–H groups in total. The molecule has 1 aromatic carbocycles. The molecule has 0 bridgehead atoms. The number of H-pyrrole nitrogens is 1. The lowest BCUT2D eigenvalue weighted by Gasteiger charge is -2.36. The van der Waals surface area contributed by atoms with Crippen molar-refractivity contribution in [3.8, 4) is 0 Å². The Kier molecular flexibility index (Phi) is 5.47. The topological polar surface area (TPSA) is 44.0 Å². The normalized spacial score (nSPS) is 18.2. The molecule has 4 heteroatoms. The monoisotopic (exact) mass is 312 g/mol. The highest BCUT2D eigenvalue weighted by atomic mass is 15.2. The lowest BCUT2D eigenvalue weighted by Crippen LogP contribution is -2.46. The number of nitrogens with one attached hydrogen (secondary N) is 2. The number of hydrogen-bond acceptors (Lipinski definition) is 3. The van der Waals surface area contributed by atoms with Gasteiger partial charge in [-0.2, -0.15) is 5.10 Å². The molecule has 1 saturated heterocycles. The first-order valence-corrected chi connectivity index (χ1v) is 8.72. The predicted octanol–water partition coefficient (Wildman–Crippen LogP) is 2.90. The molecule has 1 aliphatic rings. The molecule has 2 aromatic rings. The summed E-state index contributed by atoms with van der Waals surface area (Å²) in [7, 11) is 0. The summed E-state index contributed by atoms with van der Waals surface area (Å²) in [5, 5.41) is 10.8. The number of aryl methyl sites for hydroxylation is 1. The molecule has 0 radical (unpaired) electrons. The van der Waals surface area contributed by atoms with Crippen LogP contribution in [0.1, 0.15) is 36.6 Å². The Bertz CT molecular complexity index is 584. The first-order chi connectivity index (χ1) is 11.2. The number of aromatic nitrogens is 2. The van der Waals surface area contributed by atoms with Crippen LogP contribution >= 0.6 is 0 Å². The van der Waals surface area contributed by atoms with Crippen LogP contribution in [0.4, 0.5) is 0 Å². The van der Waals surface area contributed by atoms with Crippen LogP contribution in [0.15, 0.2) is 36.5 Å². The van der Waals surface area contributed by atoms with Crippen LogP contribution in [0.3, 0.4) is 0 Å². The van der Waals surface area contributed by atoms with Crippen molar-refractivity contribution in [1.29, 1.82) is 0 Å². The maximum Gasteiger partial charge on any atom is 0.0535 e. The number of aromatic amines is 1. The molecule has 2 heterocycles. The predicted molar refractivity (Wildman–Crippen MR) is 94.4 cm³/mol. The Hall–Kier alpha value is -1.65. The van der Waals surface area contributed by atoms with Crippen molar-refractivity contribution >= 4 is 0 Å². The number of rotatable bonds is 6. The van der Waals surface area contributed by atoms with Crippen molar-refractivity contribution in [1.82, 2.24) is 20.4 Å². The van der Waals surface area contributed by atoms with E-state index in [0.29, 0.717) is 12.1 Å². The highest BCUT2D eigenvalue weighted by molar-refractivity contribution is 5.16. The zero-order chi connectivity index (χ0) is 16.1. The van der Waals surface area contributed by atoms with Crippen molar-refractivity contribution in [2.24, 2.45) is 0 Å². The minimum Gasteiger partial charge on any atom is -0.310 e.